The van der Waals surface area contributed by atoms with Crippen molar-refractivity contribution in [3.63, 3.8) is 0 Å². The van der Waals surface area contributed by atoms with Crippen LogP contribution in [0.2, 0.25) is 5.82 Å². The summed E-state index contributed by atoms with van der Waals surface area (Å²) in [6.07, 6.45) is 8.62. The van der Waals surface area contributed by atoms with Crippen LogP contribution in [0.4, 0.5) is 0 Å². The summed E-state index contributed by atoms with van der Waals surface area (Å²) in [7, 11) is 2.46. The molecule has 0 aromatic heterocycles. The van der Waals surface area contributed by atoms with E-state index in [0.717, 1.165) is 31.0 Å². The SMILES string of the molecule is BC1CCCCC2C(C1)CC1(COC1)N2C(C)C. The zero-order valence-electron chi connectivity index (χ0n) is 12.3. The van der Waals surface area contributed by atoms with Crippen LogP contribution in [-0.4, -0.2) is 43.6 Å². The molecule has 0 aromatic carbocycles. The zero-order chi connectivity index (χ0) is 12.8. The highest BCUT2D eigenvalue weighted by Crippen LogP contribution is 2.49. The van der Waals surface area contributed by atoms with Crippen molar-refractivity contribution in [1.29, 1.82) is 0 Å². The summed E-state index contributed by atoms with van der Waals surface area (Å²) in [4.78, 5) is 2.85. The van der Waals surface area contributed by atoms with Crippen molar-refractivity contribution in [3.05, 3.63) is 0 Å². The Morgan fingerprint density at radius 1 is 1.22 bits per heavy atom. The summed E-state index contributed by atoms with van der Waals surface area (Å²) in [5, 5.41) is 0. The predicted molar refractivity (Wildman–Crippen MR) is 77.8 cm³/mol. The maximum atomic E-state index is 5.59. The van der Waals surface area contributed by atoms with Crippen molar-refractivity contribution >= 4 is 7.85 Å². The molecule has 2 aliphatic heterocycles. The van der Waals surface area contributed by atoms with E-state index < -0.39 is 0 Å². The van der Waals surface area contributed by atoms with Crippen molar-refractivity contribution < 1.29 is 4.74 Å². The largest absolute Gasteiger partial charge is 0.377 e. The molecule has 2 saturated heterocycles. The van der Waals surface area contributed by atoms with Crippen LogP contribution in [0.1, 0.15) is 52.4 Å². The van der Waals surface area contributed by atoms with Gasteiger partial charge in [0.1, 0.15) is 7.85 Å². The van der Waals surface area contributed by atoms with E-state index in [1.807, 2.05) is 0 Å². The molecule has 102 valence electrons. The lowest BCUT2D eigenvalue weighted by molar-refractivity contribution is -0.141. The third-order valence-electron chi connectivity index (χ3n) is 5.54. The first-order valence-corrected chi connectivity index (χ1v) is 7.98. The van der Waals surface area contributed by atoms with Crippen LogP contribution in [0.5, 0.6) is 0 Å². The van der Waals surface area contributed by atoms with Gasteiger partial charge in [-0.05, 0) is 32.6 Å². The molecule has 1 saturated carbocycles. The summed E-state index contributed by atoms with van der Waals surface area (Å²) >= 11 is 0. The number of nitrogens with zero attached hydrogens (tertiary/aromatic N) is 1. The smallest absolute Gasteiger partial charge is 0.105 e. The molecule has 0 bridgehead atoms. The first-order valence-electron chi connectivity index (χ1n) is 7.98. The monoisotopic (exact) mass is 249 g/mol. The Morgan fingerprint density at radius 2 is 1.94 bits per heavy atom. The van der Waals surface area contributed by atoms with E-state index in [1.54, 1.807) is 0 Å². The Hall–Kier alpha value is -0.0151. The van der Waals surface area contributed by atoms with Crippen LogP contribution in [0.3, 0.4) is 0 Å². The zero-order valence-corrected chi connectivity index (χ0v) is 12.3. The third-order valence-corrected chi connectivity index (χ3v) is 5.54. The Balaban J connectivity index is 1.82. The number of likely N-dealkylation sites (tertiary alicyclic amines) is 1. The highest BCUT2D eigenvalue weighted by molar-refractivity contribution is 6.11. The van der Waals surface area contributed by atoms with Gasteiger partial charge in [0.05, 0.1) is 18.8 Å². The minimum atomic E-state index is 0.424. The molecule has 2 nitrogen and oxygen atoms in total. The number of ether oxygens (including phenoxy) is 1. The van der Waals surface area contributed by atoms with E-state index in [2.05, 4.69) is 26.6 Å². The van der Waals surface area contributed by atoms with Crippen LogP contribution in [0.15, 0.2) is 0 Å². The first kappa shape index (κ1) is 13.0. The van der Waals surface area contributed by atoms with Gasteiger partial charge in [0.2, 0.25) is 0 Å². The molecule has 2 heterocycles. The van der Waals surface area contributed by atoms with Gasteiger partial charge in [-0.3, -0.25) is 4.90 Å². The van der Waals surface area contributed by atoms with Gasteiger partial charge in [-0.2, -0.15) is 0 Å². The average Bonchev–Trinajstić information content (AvgIpc) is 2.55. The molecular weight excluding hydrogens is 221 g/mol. The molecule has 3 unspecified atom stereocenters. The van der Waals surface area contributed by atoms with Gasteiger partial charge in [0.15, 0.2) is 0 Å². The fraction of sp³-hybridized carbons (Fsp3) is 1.00. The van der Waals surface area contributed by atoms with Crippen LogP contribution in [0, 0.1) is 5.92 Å². The number of hydrogen-bond acceptors (Lipinski definition) is 2. The van der Waals surface area contributed by atoms with Gasteiger partial charge >= 0.3 is 0 Å². The van der Waals surface area contributed by atoms with Gasteiger partial charge in [0, 0.05) is 12.1 Å². The Labute approximate surface area is 113 Å². The molecular formula is C15H28BNO. The van der Waals surface area contributed by atoms with Crippen molar-refractivity contribution in [3.8, 4) is 0 Å². The maximum Gasteiger partial charge on any atom is 0.105 e. The van der Waals surface area contributed by atoms with E-state index in [1.165, 1.54) is 38.5 Å². The van der Waals surface area contributed by atoms with E-state index in [-0.39, 0.29) is 0 Å². The first-order chi connectivity index (χ1) is 8.62. The lowest BCUT2D eigenvalue weighted by Gasteiger charge is -2.49. The van der Waals surface area contributed by atoms with Crippen molar-refractivity contribution in [2.75, 3.05) is 13.2 Å². The fourth-order valence-corrected chi connectivity index (χ4v) is 4.94. The third kappa shape index (κ3) is 2.04. The van der Waals surface area contributed by atoms with Crippen LogP contribution >= 0.6 is 0 Å². The molecule has 3 atom stereocenters. The number of rotatable bonds is 1. The van der Waals surface area contributed by atoms with Crippen LogP contribution in [0.25, 0.3) is 0 Å². The molecule has 0 aromatic rings. The van der Waals surface area contributed by atoms with E-state index in [0.29, 0.717) is 11.6 Å². The molecule has 0 N–H and O–H groups in total. The summed E-state index contributed by atoms with van der Waals surface area (Å²) in [5.74, 6) is 1.87. The van der Waals surface area contributed by atoms with Gasteiger partial charge in [-0.15, -0.1) is 0 Å². The van der Waals surface area contributed by atoms with Gasteiger partial charge < -0.3 is 4.74 Å². The summed E-state index contributed by atoms with van der Waals surface area (Å²) in [5.41, 5.74) is 0.424. The van der Waals surface area contributed by atoms with E-state index >= 15 is 0 Å². The standard InChI is InChI=1S/C15H28BNO/c1-11(2)17-14-6-4-3-5-13(16)7-12(14)8-15(17)9-18-10-15/h11-14H,3-10,16H2,1-2H3. The molecule has 3 fully saturated rings. The molecule has 0 radical (unpaired) electrons. The Bertz CT molecular complexity index is 303. The molecule has 1 aliphatic carbocycles. The molecule has 3 aliphatic rings. The number of fused-ring (bicyclic) bond motifs is 1. The van der Waals surface area contributed by atoms with Gasteiger partial charge in [-0.25, -0.2) is 0 Å². The predicted octanol–water partition coefficient (Wildman–Crippen LogP) is 2.24. The van der Waals surface area contributed by atoms with Crippen LogP contribution < -0.4 is 0 Å². The maximum absolute atomic E-state index is 5.59. The topological polar surface area (TPSA) is 12.5 Å². The second-order valence-electron chi connectivity index (χ2n) is 7.38. The second kappa shape index (κ2) is 4.83. The summed E-state index contributed by atoms with van der Waals surface area (Å²) in [6.45, 7) is 6.74. The summed E-state index contributed by atoms with van der Waals surface area (Å²) in [6, 6.07) is 1.52. The van der Waals surface area contributed by atoms with E-state index in [9.17, 15) is 0 Å². The van der Waals surface area contributed by atoms with Gasteiger partial charge in [-0.1, -0.05) is 31.5 Å². The van der Waals surface area contributed by atoms with Crippen molar-refractivity contribution in [1.82, 2.24) is 4.90 Å². The normalized spacial score (nSPS) is 40.3. The minimum absolute atomic E-state index is 0.424. The second-order valence-corrected chi connectivity index (χ2v) is 7.38. The average molecular weight is 249 g/mol. The highest BCUT2D eigenvalue weighted by Gasteiger charge is 2.56. The lowest BCUT2D eigenvalue weighted by atomic mass is 9.71. The minimum Gasteiger partial charge on any atom is -0.377 e. The van der Waals surface area contributed by atoms with Crippen molar-refractivity contribution in [2.45, 2.75) is 75.8 Å². The lowest BCUT2D eigenvalue weighted by Crippen LogP contribution is -2.62. The molecule has 3 rings (SSSR count). The molecule has 0 amide bonds. The summed E-state index contributed by atoms with van der Waals surface area (Å²) < 4.78 is 5.59. The quantitative estimate of drug-likeness (QED) is 0.661. The highest BCUT2D eigenvalue weighted by atomic mass is 16.5. The van der Waals surface area contributed by atoms with Crippen molar-refractivity contribution in [2.24, 2.45) is 5.92 Å². The van der Waals surface area contributed by atoms with Crippen LogP contribution in [-0.2, 0) is 4.74 Å². The molecule has 1 spiro atoms. The van der Waals surface area contributed by atoms with E-state index in [4.69, 9.17) is 4.74 Å². The Kier molecular flexibility index (Phi) is 3.48. The Morgan fingerprint density at radius 3 is 2.56 bits per heavy atom. The fourth-order valence-electron chi connectivity index (χ4n) is 4.94. The molecule has 3 heteroatoms. The number of hydrogen-bond donors (Lipinski definition) is 0. The molecule has 18 heavy (non-hydrogen) atoms. The van der Waals surface area contributed by atoms with Gasteiger partial charge in [0.25, 0.3) is 0 Å².